The van der Waals surface area contributed by atoms with Crippen molar-refractivity contribution in [1.82, 2.24) is 9.97 Å². The molecule has 4 nitrogen and oxygen atoms in total. The average molecular weight is 248 g/mol. The second-order valence-electron chi connectivity index (χ2n) is 5.05. The fraction of sp³-hybridized carbons (Fsp3) is 0.714. The first-order valence-electron chi connectivity index (χ1n) is 7.04. The lowest BCUT2D eigenvalue weighted by Crippen LogP contribution is -2.40. The molecule has 2 heterocycles. The van der Waals surface area contributed by atoms with Crippen molar-refractivity contribution in [3.8, 4) is 0 Å². The Kier molecular flexibility index (Phi) is 4.39. The number of nitrogens with zero attached hydrogens (tertiary/aromatic N) is 3. The highest BCUT2D eigenvalue weighted by atomic mass is 15.2. The molecule has 0 aromatic carbocycles. The summed E-state index contributed by atoms with van der Waals surface area (Å²) in [5.74, 6) is 2.06. The molecule has 1 fully saturated rings. The maximum Gasteiger partial charge on any atom is 0.137 e. The summed E-state index contributed by atoms with van der Waals surface area (Å²) < 4.78 is 0. The summed E-state index contributed by atoms with van der Waals surface area (Å²) in [4.78, 5) is 11.3. The van der Waals surface area contributed by atoms with Crippen molar-refractivity contribution in [2.75, 3.05) is 23.8 Å². The third-order valence-electron chi connectivity index (χ3n) is 3.82. The minimum absolute atomic E-state index is 0.655. The van der Waals surface area contributed by atoms with Crippen LogP contribution in [-0.2, 0) is 0 Å². The predicted molar refractivity (Wildman–Crippen MR) is 76.2 cm³/mol. The van der Waals surface area contributed by atoms with Gasteiger partial charge in [-0.1, -0.05) is 13.3 Å². The quantitative estimate of drug-likeness (QED) is 0.889. The van der Waals surface area contributed by atoms with Gasteiger partial charge in [-0.05, 0) is 32.6 Å². The standard InChI is InChI=1S/C14H24N4/c1-4-7-12-8-5-6-9-18(12)14-11(2)13(15-3)16-10-17-14/h10,12H,4-9H2,1-3H3,(H,15,16,17). The van der Waals surface area contributed by atoms with E-state index in [0.717, 1.165) is 18.2 Å². The molecule has 1 aliphatic rings. The molecular formula is C14H24N4. The molecule has 0 radical (unpaired) electrons. The van der Waals surface area contributed by atoms with Crippen LogP contribution in [0.1, 0.15) is 44.6 Å². The lowest BCUT2D eigenvalue weighted by Gasteiger charge is -2.37. The van der Waals surface area contributed by atoms with Crippen LogP contribution in [0.25, 0.3) is 0 Å². The van der Waals surface area contributed by atoms with Gasteiger partial charge in [0.1, 0.15) is 18.0 Å². The molecule has 1 aromatic heterocycles. The van der Waals surface area contributed by atoms with Gasteiger partial charge in [0.15, 0.2) is 0 Å². The minimum Gasteiger partial charge on any atom is -0.373 e. The Morgan fingerprint density at radius 2 is 2.22 bits per heavy atom. The Balaban J connectivity index is 2.27. The molecule has 1 aliphatic heterocycles. The van der Waals surface area contributed by atoms with Crippen LogP contribution < -0.4 is 10.2 Å². The van der Waals surface area contributed by atoms with Crippen LogP contribution in [-0.4, -0.2) is 29.6 Å². The summed E-state index contributed by atoms with van der Waals surface area (Å²) >= 11 is 0. The van der Waals surface area contributed by atoms with Crippen LogP contribution in [0, 0.1) is 6.92 Å². The zero-order valence-electron chi connectivity index (χ0n) is 11.7. The monoisotopic (exact) mass is 248 g/mol. The number of anilines is 2. The Labute approximate surface area is 110 Å². The highest BCUT2D eigenvalue weighted by molar-refractivity contribution is 5.58. The van der Waals surface area contributed by atoms with Gasteiger partial charge < -0.3 is 10.2 Å². The minimum atomic E-state index is 0.655. The number of hydrogen-bond donors (Lipinski definition) is 1. The second kappa shape index (κ2) is 6.03. The number of nitrogens with one attached hydrogen (secondary N) is 1. The van der Waals surface area contributed by atoms with Crippen molar-refractivity contribution in [3.05, 3.63) is 11.9 Å². The Bertz CT molecular complexity index is 389. The molecular weight excluding hydrogens is 224 g/mol. The van der Waals surface area contributed by atoms with E-state index in [2.05, 4.69) is 34.0 Å². The van der Waals surface area contributed by atoms with Crippen molar-refractivity contribution in [1.29, 1.82) is 0 Å². The van der Waals surface area contributed by atoms with Gasteiger partial charge >= 0.3 is 0 Å². The van der Waals surface area contributed by atoms with Crippen molar-refractivity contribution in [3.63, 3.8) is 0 Å². The van der Waals surface area contributed by atoms with Crippen molar-refractivity contribution < 1.29 is 0 Å². The first-order chi connectivity index (χ1) is 8.77. The SMILES string of the molecule is CCCC1CCCCN1c1ncnc(NC)c1C. The first-order valence-corrected chi connectivity index (χ1v) is 7.04. The summed E-state index contributed by atoms with van der Waals surface area (Å²) in [6.45, 7) is 5.50. The average Bonchev–Trinajstić information content (AvgIpc) is 2.40. The summed E-state index contributed by atoms with van der Waals surface area (Å²) in [6, 6.07) is 0.655. The van der Waals surface area contributed by atoms with E-state index < -0.39 is 0 Å². The van der Waals surface area contributed by atoms with E-state index in [-0.39, 0.29) is 0 Å². The molecule has 1 aromatic rings. The largest absolute Gasteiger partial charge is 0.373 e. The molecule has 0 bridgehead atoms. The van der Waals surface area contributed by atoms with E-state index in [9.17, 15) is 0 Å². The van der Waals surface area contributed by atoms with E-state index in [1.807, 2.05) is 7.05 Å². The Morgan fingerprint density at radius 1 is 1.39 bits per heavy atom. The number of rotatable bonds is 4. The highest BCUT2D eigenvalue weighted by Gasteiger charge is 2.24. The van der Waals surface area contributed by atoms with E-state index in [4.69, 9.17) is 0 Å². The van der Waals surface area contributed by atoms with Gasteiger partial charge in [-0.2, -0.15) is 0 Å². The van der Waals surface area contributed by atoms with E-state index in [1.54, 1.807) is 6.33 Å². The highest BCUT2D eigenvalue weighted by Crippen LogP contribution is 2.29. The summed E-state index contributed by atoms with van der Waals surface area (Å²) in [5, 5.41) is 3.14. The van der Waals surface area contributed by atoms with Crippen LogP contribution in [0.4, 0.5) is 11.6 Å². The molecule has 1 saturated heterocycles. The zero-order chi connectivity index (χ0) is 13.0. The zero-order valence-corrected chi connectivity index (χ0v) is 11.7. The molecule has 1 N–H and O–H groups in total. The molecule has 0 spiro atoms. The van der Waals surface area contributed by atoms with E-state index in [0.29, 0.717) is 6.04 Å². The van der Waals surface area contributed by atoms with Crippen molar-refractivity contribution in [2.24, 2.45) is 0 Å². The maximum atomic E-state index is 4.52. The lowest BCUT2D eigenvalue weighted by atomic mass is 9.98. The third-order valence-corrected chi connectivity index (χ3v) is 3.82. The molecule has 1 unspecified atom stereocenters. The summed E-state index contributed by atoms with van der Waals surface area (Å²) in [6.07, 6.45) is 8.10. The first kappa shape index (κ1) is 13.1. The fourth-order valence-electron chi connectivity index (χ4n) is 2.90. The van der Waals surface area contributed by atoms with Crippen LogP contribution in [0.15, 0.2) is 6.33 Å². The Hall–Kier alpha value is -1.32. The Morgan fingerprint density at radius 3 is 2.94 bits per heavy atom. The van der Waals surface area contributed by atoms with Crippen LogP contribution >= 0.6 is 0 Å². The number of hydrogen-bond acceptors (Lipinski definition) is 4. The predicted octanol–water partition coefficient (Wildman–Crippen LogP) is 2.99. The van der Waals surface area contributed by atoms with Crippen LogP contribution in [0.3, 0.4) is 0 Å². The number of aromatic nitrogens is 2. The molecule has 18 heavy (non-hydrogen) atoms. The van der Waals surface area contributed by atoms with Crippen molar-refractivity contribution >= 4 is 11.6 Å². The fourth-order valence-corrected chi connectivity index (χ4v) is 2.90. The van der Waals surface area contributed by atoms with Gasteiger partial charge in [-0.25, -0.2) is 9.97 Å². The topological polar surface area (TPSA) is 41.1 Å². The van der Waals surface area contributed by atoms with Crippen LogP contribution in [0.5, 0.6) is 0 Å². The van der Waals surface area contributed by atoms with Crippen LogP contribution in [0.2, 0.25) is 0 Å². The molecule has 0 amide bonds. The van der Waals surface area contributed by atoms with E-state index >= 15 is 0 Å². The van der Waals surface area contributed by atoms with Crippen molar-refractivity contribution in [2.45, 2.75) is 52.0 Å². The normalized spacial score (nSPS) is 19.9. The smallest absolute Gasteiger partial charge is 0.137 e. The van der Waals surface area contributed by atoms with Gasteiger partial charge in [0, 0.05) is 25.2 Å². The van der Waals surface area contributed by atoms with Gasteiger partial charge in [-0.15, -0.1) is 0 Å². The summed E-state index contributed by atoms with van der Waals surface area (Å²) in [5.41, 5.74) is 1.17. The van der Waals surface area contributed by atoms with Gasteiger partial charge in [0.2, 0.25) is 0 Å². The molecule has 2 rings (SSSR count). The molecule has 1 atom stereocenters. The third kappa shape index (κ3) is 2.57. The lowest BCUT2D eigenvalue weighted by molar-refractivity contribution is 0.431. The van der Waals surface area contributed by atoms with E-state index in [1.165, 1.54) is 37.7 Å². The molecule has 4 heteroatoms. The molecule has 0 saturated carbocycles. The molecule has 100 valence electrons. The summed E-state index contributed by atoms with van der Waals surface area (Å²) in [7, 11) is 1.92. The second-order valence-corrected chi connectivity index (χ2v) is 5.05. The van der Waals surface area contributed by atoms with Gasteiger partial charge in [0.25, 0.3) is 0 Å². The molecule has 0 aliphatic carbocycles. The van der Waals surface area contributed by atoms with Gasteiger partial charge in [0.05, 0.1) is 0 Å². The maximum absolute atomic E-state index is 4.52. The number of piperidine rings is 1. The van der Waals surface area contributed by atoms with Gasteiger partial charge in [-0.3, -0.25) is 0 Å².